The maximum Gasteiger partial charge on any atom is 0.227 e. The van der Waals surface area contributed by atoms with Crippen molar-refractivity contribution < 1.29 is 4.42 Å². The first kappa shape index (κ1) is 12.1. The van der Waals surface area contributed by atoms with Crippen molar-refractivity contribution in [2.75, 3.05) is 5.73 Å². The van der Waals surface area contributed by atoms with Crippen LogP contribution in [0.3, 0.4) is 0 Å². The van der Waals surface area contributed by atoms with Crippen LogP contribution in [0.5, 0.6) is 0 Å². The summed E-state index contributed by atoms with van der Waals surface area (Å²) in [7, 11) is 0. The fourth-order valence-corrected chi connectivity index (χ4v) is 2.20. The molecular formula is C15H13ClN2O. The van der Waals surface area contributed by atoms with E-state index < -0.39 is 0 Å². The molecule has 2 N–H and O–H groups in total. The van der Waals surface area contributed by atoms with Crippen molar-refractivity contribution in [1.29, 1.82) is 0 Å². The second-order valence-corrected chi connectivity index (χ2v) is 5.09. The number of nitrogens with zero attached hydrogens (tertiary/aromatic N) is 1. The molecule has 0 saturated heterocycles. The van der Waals surface area contributed by atoms with Gasteiger partial charge in [0, 0.05) is 11.6 Å². The van der Waals surface area contributed by atoms with Gasteiger partial charge in [-0.3, -0.25) is 0 Å². The van der Waals surface area contributed by atoms with Crippen LogP contribution in [-0.4, -0.2) is 4.98 Å². The Labute approximate surface area is 116 Å². The van der Waals surface area contributed by atoms with Crippen molar-refractivity contribution in [2.24, 2.45) is 0 Å². The largest absolute Gasteiger partial charge is 0.436 e. The van der Waals surface area contributed by atoms with Crippen LogP contribution in [0.4, 0.5) is 5.69 Å². The number of anilines is 1. The molecule has 0 atom stereocenters. The van der Waals surface area contributed by atoms with Crippen LogP contribution in [0.1, 0.15) is 11.1 Å². The van der Waals surface area contributed by atoms with E-state index in [4.69, 9.17) is 21.8 Å². The predicted molar refractivity (Wildman–Crippen MR) is 78.3 cm³/mol. The molecule has 1 heterocycles. The molecule has 3 rings (SSSR count). The van der Waals surface area contributed by atoms with Crippen molar-refractivity contribution >= 4 is 28.4 Å². The molecule has 0 fully saturated rings. The Bertz CT molecular complexity index is 738. The average Bonchev–Trinajstić information content (AvgIpc) is 2.75. The second-order valence-electron chi connectivity index (χ2n) is 4.68. The molecule has 0 spiro atoms. The Hall–Kier alpha value is -2.00. The maximum absolute atomic E-state index is 5.99. The van der Waals surface area contributed by atoms with Crippen molar-refractivity contribution in [3.05, 3.63) is 46.5 Å². The fraction of sp³-hybridized carbons (Fsp3) is 0.133. The first-order chi connectivity index (χ1) is 9.04. The van der Waals surface area contributed by atoms with E-state index in [0.717, 1.165) is 16.6 Å². The van der Waals surface area contributed by atoms with E-state index in [-0.39, 0.29) is 0 Å². The number of nitrogen functional groups attached to an aromatic ring is 1. The molecule has 3 aromatic rings. The Balaban J connectivity index is 2.23. The summed E-state index contributed by atoms with van der Waals surface area (Å²) < 4.78 is 5.78. The lowest BCUT2D eigenvalue weighted by atomic mass is 10.1. The molecule has 1 aromatic heterocycles. The van der Waals surface area contributed by atoms with Gasteiger partial charge in [-0.15, -0.1) is 0 Å². The number of oxazole rings is 1. The standard InChI is InChI=1S/C15H13ClN2O/c1-8-3-4-9(2)10(5-8)15-18-13-6-11(16)12(17)7-14(13)19-15/h3-7H,17H2,1-2H3. The molecule has 0 amide bonds. The van der Waals surface area contributed by atoms with Crippen LogP contribution in [0.2, 0.25) is 5.02 Å². The number of rotatable bonds is 1. The third kappa shape index (κ3) is 2.06. The van der Waals surface area contributed by atoms with Crippen molar-refractivity contribution in [2.45, 2.75) is 13.8 Å². The summed E-state index contributed by atoms with van der Waals surface area (Å²) in [5, 5.41) is 0.494. The van der Waals surface area contributed by atoms with Crippen molar-refractivity contribution in [3.8, 4) is 11.5 Å². The lowest BCUT2D eigenvalue weighted by Gasteiger charge is -2.02. The number of aryl methyl sites for hydroxylation is 2. The Morgan fingerprint density at radius 2 is 1.95 bits per heavy atom. The lowest BCUT2D eigenvalue weighted by molar-refractivity contribution is 0.619. The van der Waals surface area contributed by atoms with Gasteiger partial charge in [-0.2, -0.15) is 0 Å². The van der Waals surface area contributed by atoms with Gasteiger partial charge >= 0.3 is 0 Å². The smallest absolute Gasteiger partial charge is 0.227 e. The summed E-state index contributed by atoms with van der Waals surface area (Å²) in [6.45, 7) is 4.07. The zero-order chi connectivity index (χ0) is 13.6. The molecule has 3 nitrogen and oxygen atoms in total. The van der Waals surface area contributed by atoms with Gasteiger partial charge in [0.25, 0.3) is 0 Å². The molecule has 0 saturated carbocycles. The molecular weight excluding hydrogens is 260 g/mol. The van der Waals surface area contributed by atoms with Gasteiger partial charge in [-0.05, 0) is 31.5 Å². The fourth-order valence-electron chi connectivity index (χ4n) is 2.05. The molecule has 0 aliphatic rings. The van der Waals surface area contributed by atoms with E-state index >= 15 is 0 Å². The molecule has 0 aliphatic heterocycles. The minimum Gasteiger partial charge on any atom is -0.436 e. The third-order valence-corrected chi connectivity index (χ3v) is 3.46. The van der Waals surface area contributed by atoms with Crippen LogP contribution >= 0.6 is 11.6 Å². The van der Waals surface area contributed by atoms with E-state index in [1.54, 1.807) is 12.1 Å². The normalized spacial score (nSPS) is 11.1. The van der Waals surface area contributed by atoms with Crippen LogP contribution in [0.25, 0.3) is 22.6 Å². The van der Waals surface area contributed by atoms with Gasteiger partial charge in [0.05, 0.1) is 10.7 Å². The van der Waals surface area contributed by atoms with E-state index in [9.17, 15) is 0 Å². The van der Waals surface area contributed by atoms with Crippen LogP contribution in [0, 0.1) is 13.8 Å². The number of hydrogen-bond acceptors (Lipinski definition) is 3. The molecule has 0 bridgehead atoms. The number of aromatic nitrogens is 1. The zero-order valence-corrected chi connectivity index (χ0v) is 11.5. The second kappa shape index (κ2) is 4.28. The number of nitrogens with two attached hydrogens (primary N) is 1. The first-order valence-electron chi connectivity index (χ1n) is 5.98. The molecule has 0 unspecified atom stereocenters. The Kier molecular flexibility index (Phi) is 2.72. The summed E-state index contributed by atoms with van der Waals surface area (Å²) in [5.74, 6) is 0.595. The zero-order valence-electron chi connectivity index (χ0n) is 10.7. The number of halogens is 1. The first-order valence-corrected chi connectivity index (χ1v) is 6.35. The molecule has 4 heteroatoms. The van der Waals surface area contributed by atoms with Gasteiger partial charge in [-0.25, -0.2) is 4.98 Å². The Morgan fingerprint density at radius 3 is 2.74 bits per heavy atom. The molecule has 2 aromatic carbocycles. The van der Waals surface area contributed by atoms with Gasteiger partial charge < -0.3 is 10.2 Å². The lowest BCUT2D eigenvalue weighted by Crippen LogP contribution is -1.85. The SMILES string of the molecule is Cc1ccc(C)c(-c2nc3cc(Cl)c(N)cc3o2)c1. The summed E-state index contributed by atoms with van der Waals surface area (Å²) in [5.41, 5.74) is 10.9. The van der Waals surface area contributed by atoms with E-state index in [2.05, 4.69) is 23.2 Å². The number of fused-ring (bicyclic) bond motifs is 1. The molecule has 0 aliphatic carbocycles. The Morgan fingerprint density at radius 1 is 1.16 bits per heavy atom. The van der Waals surface area contributed by atoms with Gasteiger partial charge in [-0.1, -0.05) is 29.3 Å². The molecule has 19 heavy (non-hydrogen) atoms. The monoisotopic (exact) mass is 272 g/mol. The van der Waals surface area contributed by atoms with E-state index in [1.165, 1.54) is 5.56 Å². The highest BCUT2D eigenvalue weighted by atomic mass is 35.5. The highest BCUT2D eigenvalue weighted by molar-refractivity contribution is 6.33. The number of hydrogen-bond donors (Lipinski definition) is 1. The minimum atomic E-state index is 0.494. The van der Waals surface area contributed by atoms with Crippen LogP contribution in [-0.2, 0) is 0 Å². The molecule has 96 valence electrons. The summed E-state index contributed by atoms with van der Waals surface area (Å²) in [6.07, 6.45) is 0. The van der Waals surface area contributed by atoms with Crippen molar-refractivity contribution in [3.63, 3.8) is 0 Å². The van der Waals surface area contributed by atoms with Crippen molar-refractivity contribution in [1.82, 2.24) is 4.98 Å². The van der Waals surface area contributed by atoms with E-state index in [0.29, 0.717) is 22.2 Å². The van der Waals surface area contributed by atoms with E-state index in [1.807, 2.05) is 13.8 Å². The quantitative estimate of drug-likeness (QED) is 0.670. The summed E-state index contributed by atoms with van der Waals surface area (Å²) in [6, 6.07) is 9.62. The highest BCUT2D eigenvalue weighted by Gasteiger charge is 2.12. The van der Waals surface area contributed by atoms with Crippen LogP contribution < -0.4 is 5.73 Å². The summed E-state index contributed by atoms with van der Waals surface area (Å²) >= 11 is 5.99. The molecule has 0 radical (unpaired) electrons. The predicted octanol–water partition coefficient (Wildman–Crippen LogP) is 4.35. The number of benzene rings is 2. The van der Waals surface area contributed by atoms with Crippen LogP contribution in [0.15, 0.2) is 34.7 Å². The van der Waals surface area contributed by atoms with Gasteiger partial charge in [0.15, 0.2) is 5.58 Å². The highest BCUT2D eigenvalue weighted by Crippen LogP contribution is 2.31. The third-order valence-electron chi connectivity index (χ3n) is 3.13. The van der Waals surface area contributed by atoms with Gasteiger partial charge in [0.1, 0.15) is 5.52 Å². The summed E-state index contributed by atoms with van der Waals surface area (Å²) in [4.78, 5) is 4.48. The maximum atomic E-state index is 5.99. The average molecular weight is 273 g/mol. The van der Waals surface area contributed by atoms with Gasteiger partial charge in [0.2, 0.25) is 5.89 Å². The topological polar surface area (TPSA) is 52.0 Å². The minimum absolute atomic E-state index is 0.494.